The third-order valence-electron chi connectivity index (χ3n) is 3.67. The Morgan fingerprint density at radius 3 is 1.91 bits per heavy atom. The Hall–Kier alpha value is -3.77. The first-order chi connectivity index (χ1) is 15.4. The lowest BCUT2D eigenvalue weighted by atomic mass is 10.0. The van der Waals surface area contributed by atoms with Crippen molar-refractivity contribution in [2.45, 2.75) is 65.5 Å². The molecule has 1 atom stereocenters. The molecular formula is C21H28FN3O9. The number of ketones is 1. The fraction of sp³-hybridized carbons (Fsp3) is 0.524. The van der Waals surface area contributed by atoms with Gasteiger partial charge in [-0.25, -0.2) is 19.8 Å². The lowest BCUT2D eigenvalue weighted by Gasteiger charge is -2.35. The summed E-state index contributed by atoms with van der Waals surface area (Å²) in [6, 6.07) is 3.57. The van der Waals surface area contributed by atoms with Crippen molar-refractivity contribution in [3.8, 4) is 0 Å². The van der Waals surface area contributed by atoms with E-state index in [0.717, 1.165) is 24.3 Å². The highest BCUT2D eigenvalue weighted by Gasteiger charge is 2.58. The van der Waals surface area contributed by atoms with E-state index in [1.54, 1.807) is 5.43 Å². The minimum absolute atomic E-state index is 0.256. The van der Waals surface area contributed by atoms with E-state index in [0.29, 0.717) is 0 Å². The molecule has 12 nitrogen and oxygen atoms in total. The Labute approximate surface area is 195 Å². The predicted octanol–water partition coefficient (Wildman–Crippen LogP) is 3.68. The predicted molar refractivity (Wildman–Crippen MR) is 115 cm³/mol. The van der Waals surface area contributed by atoms with Crippen molar-refractivity contribution in [2.24, 2.45) is 0 Å². The van der Waals surface area contributed by atoms with E-state index in [1.165, 1.54) is 48.5 Å². The van der Waals surface area contributed by atoms with E-state index >= 15 is 4.39 Å². The van der Waals surface area contributed by atoms with Crippen LogP contribution in [0.5, 0.6) is 0 Å². The molecule has 0 fully saturated rings. The number of nitro benzene ring substituents is 1. The number of nitrogens with zero attached hydrogens (tertiary/aromatic N) is 2. The minimum atomic E-state index is -3.95. The van der Waals surface area contributed by atoms with Gasteiger partial charge in [-0.1, -0.05) is 0 Å². The molecule has 1 N–H and O–H groups in total. The number of benzene rings is 1. The second-order valence-electron chi connectivity index (χ2n) is 8.91. The third kappa shape index (κ3) is 7.39. The van der Waals surface area contributed by atoms with E-state index in [9.17, 15) is 29.3 Å². The highest BCUT2D eigenvalue weighted by molar-refractivity contribution is 6.16. The third-order valence-corrected chi connectivity index (χ3v) is 3.67. The van der Waals surface area contributed by atoms with Crippen molar-refractivity contribution in [1.82, 2.24) is 10.4 Å². The van der Waals surface area contributed by atoms with Crippen molar-refractivity contribution in [3.63, 3.8) is 0 Å². The number of nitrogens with one attached hydrogen (secondary N) is 1. The zero-order valence-electron chi connectivity index (χ0n) is 20.0. The molecular weight excluding hydrogens is 457 g/mol. The molecule has 0 saturated heterocycles. The van der Waals surface area contributed by atoms with Gasteiger partial charge in [0.05, 0.1) is 11.5 Å². The topological polar surface area (TPSA) is 154 Å². The highest BCUT2D eigenvalue weighted by atomic mass is 19.1. The molecule has 188 valence electrons. The molecule has 0 aliphatic heterocycles. The fourth-order valence-corrected chi connectivity index (χ4v) is 2.39. The summed E-state index contributed by atoms with van der Waals surface area (Å²) in [6.45, 7) is 9.69. The molecule has 0 heterocycles. The maximum Gasteiger partial charge on any atom is 0.433 e. The van der Waals surface area contributed by atoms with Crippen molar-refractivity contribution in [1.29, 1.82) is 0 Å². The molecule has 0 spiro atoms. The molecule has 0 aromatic heterocycles. The summed E-state index contributed by atoms with van der Waals surface area (Å²) in [5.41, 5.74) is -1.50. The molecule has 0 bridgehead atoms. The van der Waals surface area contributed by atoms with Crippen LogP contribution in [0.1, 0.15) is 58.8 Å². The van der Waals surface area contributed by atoms with Gasteiger partial charge < -0.3 is 14.2 Å². The van der Waals surface area contributed by atoms with Gasteiger partial charge in [-0.3, -0.25) is 14.9 Å². The number of carbonyl (C=O) groups excluding carboxylic acids is 4. The Kier molecular flexibility index (Phi) is 8.68. The minimum Gasteiger partial charge on any atom is -0.462 e. The zero-order chi connectivity index (χ0) is 26.5. The Bertz CT molecular complexity index is 952. The van der Waals surface area contributed by atoms with Gasteiger partial charge in [-0.05, 0) is 60.6 Å². The first-order valence-corrected chi connectivity index (χ1v) is 10.1. The normalized spacial score (nSPS) is 13.2. The number of non-ortho nitro benzene ring substituents is 1. The standard InChI is InChI=1S/C21H28FN3O9/c1-8-32-16(27)21(22,15(26)13-9-11-14(12-10-13)25(30)31)24(18(29)34-20(5,6)7)23-17(28)33-19(2,3)4/h9-12H,8H2,1-7H3,(H,23,28)/t21-/m0/s1. The van der Waals surface area contributed by atoms with Crippen LogP contribution in [-0.2, 0) is 19.0 Å². The Morgan fingerprint density at radius 1 is 1.00 bits per heavy atom. The number of carbonyl (C=O) groups is 4. The maximum absolute atomic E-state index is 16.4. The molecule has 2 amide bonds. The van der Waals surface area contributed by atoms with E-state index in [1.807, 2.05) is 0 Å². The summed E-state index contributed by atoms with van der Waals surface area (Å²) >= 11 is 0. The number of hydrazine groups is 1. The monoisotopic (exact) mass is 485 g/mol. The van der Waals surface area contributed by atoms with Gasteiger partial charge in [0.15, 0.2) is 0 Å². The van der Waals surface area contributed by atoms with Crippen LogP contribution < -0.4 is 5.43 Å². The molecule has 1 aromatic rings. The number of halogens is 1. The smallest absolute Gasteiger partial charge is 0.433 e. The van der Waals surface area contributed by atoms with Gasteiger partial charge in [0.1, 0.15) is 11.2 Å². The number of alkyl halides is 1. The number of Topliss-reactive ketones (excluding diaryl/α,β-unsaturated/α-hetero) is 1. The van der Waals surface area contributed by atoms with Gasteiger partial charge >= 0.3 is 23.9 Å². The summed E-state index contributed by atoms with van der Waals surface area (Å²) in [4.78, 5) is 61.1. The van der Waals surface area contributed by atoms with Crippen LogP contribution in [0.2, 0.25) is 0 Å². The fourth-order valence-electron chi connectivity index (χ4n) is 2.39. The Morgan fingerprint density at radius 2 is 1.50 bits per heavy atom. The van der Waals surface area contributed by atoms with E-state index < -0.39 is 57.1 Å². The van der Waals surface area contributed by atoms with E-state index in [4.69, 9.17) is 9.47 Å². The van der Waals surface area contributed by atoms with Gasteiger partial charge in [0.2, 0.25) is 5.78 Å². The second-order valence-corrected chi connectivity index (χ2v) is 8.91. The summed E-state index contributed by atoms with van der Waals surface area (Å²) < 4.78 is 31.1. The first kappa shape index (κ1) is 28.3. The van der Waals surface area contributed by atoms with Gasteiger partial charge in [0.25, 0.3) is 5.69 Å². The van der Waals surface area contributed by atoms with Crippen LogP contribution in [0.15, 0.2) is 24.3 Å². The van der Waals surface area contributed by atoms with E-state index in [2.05, 4.69) is 4.74 Å². The average molecular weight is 485 g/mol. The summed E-state index contributed by atoms with van der Waals surface area (Å²) in [7, 11) is 0. The van der Waals surface area contributed by atoms with Crippen LogP contribution in [-0.4, -0.2) is 57.5 Å². The maximum atomic E-state index is 16.4. The molecule has 0 aliphatic carbocycles. The molecule has 0 aliphatic rings. The van der Waals surface area contributed by atoms with Crippen LogP contribution in [0, 0.1) is 10.1 Å². The van der Waals surface area contributed by atoms with Crippen LogP contribution in [0.25, 0.3) is 0 Å². The van der Waals surface area contributed by atoms with Crippen molar-refractivity contribution >= 4 is 29.6 Å². The largest absolute Gasteiger partial charge is 0.462 e. The number of rotatable bonds is 6. The van der Waals surface area contributed by atoms with Gasteiger partial charge in [-0.2, -0.15) is 9.40 Å². The Balaban J connectivity index is 3.62. The number of nitro groups is 1. The van der Waals surface area contributed by atoms with Crippen LogP contribution in [0.3, 0.4) is 0 Å². The van der Waals surface area contributed by atoms with Crippen molar-refractivity contribution in [3.05, 3.63) is 39.9 Å². The van der Waals surface area contributed by atoms with Gasteiger partial charge in [-0.15, -0.1) is 0 Å². The van der Waals surface area contributed by atoms with Gasteiger partial charge in [0, 0.05) is 17.7 Å². The van der Waals surface area contributed by atoms with E-state index in [-0.39, 0.29) is 11.6 Å². The molecule has 1 rings (SSSR count). The molecule has 1 aromatic carbocycles. The van der Waals surface area contributed by atoms with Crippen LogP contribution >= 0.6 is 0 Å². The first-order valence-electron chi connectivity index (χ1n) is 10.1. The summed E-state index contributed by atoms with van der Waals surface area (Å²) in [5.74, 6) is -7.44. The van der Waals surface area contributed by atoms with Crippen molar-refractivity contribution < 1.29 is 42.7 Å². The SMILES string of the molecule is CCOC(=O)[C@](F)(C(=O)c1ccc([N+](=O)[O-])cc1)N(NC(=O)OC(C)(C)C)C(=O)OC(C)(C)C. The lowest BCUT2D eigenvalue weighted by molar-refractivity contribution is -0.384. The molecule has 34 heavy (non-hydrogen) atoms. The summed E-state index contributed by atoms with van der Waals surface area (Å²) in [5, 5.41) is 10.6. The van der Waals surface area contributed by atoms with Crippen molar-refractivity contribution in [2.75, 3.05) is 6.61 Å². The number of amides is 2. The molecule has 0 unspecified atom stereocenters. The molecule has 0 radical (unpaired) electrons. The quantitative estimate of drug-likeness (QED) is 0.121. The average Bonchev–Trinajstić information content (AvgIpc) is 2.68. The number of hydrogen-bond acceptors (Lipinski definition) is 9. The second kappa shape index (κ2) is 10.4. The van der Waals surface area contributed by atoms with Crippen LogP contribution in [0.4, 0.5) is 19.7 Å². The number of ether oxygens (including phenoxy) is 3. The molecule has 0 saturated carbocycles. The highest BCUT2D eigenvalue weighted by Crippen LogP contribution is 2.27. The lowest BCUT2D eigenvalue weighted by Crippen LogP contribution is -2.66. The zero-order valence-corrected chi connectivity index (χ0v) is 20.0. The number of hydrogen-bond donors (Lipinski definition) is 1. The summed E-state index contributed by atoms with van der Waals surface area (Å²) in [6.07, 6.45) is -2.98. The molecule has 13 heteroatoms. The number of esters is 1.